The highest BCUT2D eigenvalue weighted by Crippen LogP contribution is 2.42. The zero-order chi connectivity index (χ0) is 13.3. The van der Waals surface area contributed by atoms with E-state index in [0.717, 1.165) is 13.0 Å². The Labute approximate surface area is 110 Å². The van der Waals surface area contributed by atoms with Gasteiger partial charge in [-0.2, -0.15) is 0 Å². The first-order valence-electron chi connectivity index (χ1n) is 6.58. The number of hydrogen-bond donors (Lipinski definition) is 2. The number of para-hydroxylation sites is 1. The van der Waals surface area contributed by atoms with E-state index in [-0.39, 0.29) is 11.5 Å². The molecule has 0 amide bonds. The quantitative estimate of drug-likeness (QED) is 0.858. The molecule has 1 aliphatic rings. The van der Waals surface area contributed by atoms with E-state index < -0.39 is 0 Å². The molecule has 1 aliphatic carbocycles. The SMILES string of the molecule is CN(C)Cc1ccccc1NC1CC(O)C1(C)C. The first kappa shape index (κ1) is 13.4. The Morgan fingerprint density at radius 1 is 1.33 bits per heavy atom. The minimum Gasteiger partial charge on any atom is -0.392 e. The monoisotopic (exact) mass is 248 g/mol. The van der Waals surface area contributed by atoms with Crippen LogP contribution in [0.2, 0.25) is 0 Å². The lowest BCUT2D eigenvalue weighted by molar-refractivity contribution is -0.0510. The molecule has 0 heterocycles. The van der Waals surface area contributed by atoms with Crippen LogP contribution in [0.1, 0.15) is 25.8 Å². The van der Waals surface area contributed by atoms with Gasteiger partial charge in [-0.05, 0) is 32.1 Å². The van der Waals surface area contributed by atoms with Gasteiger partial charge in [-0.3, -0.25) is 0 Å². The number of nitrogens with zero attached hydrogens (tertiary/aromatic N) is 1. The molecule has 0 bridgehead atoms. The van der Waals surface area contributed by atoms with Crippen LogP contribution in [0.5, 0.6) is 0 Å². The van der Waals surface area contributed by atoms with E-state index in [0.29, 0.717) is 6.04 Å². The Bertz CT molecular complexity index is 415. The molecule has 100 valence electrons. The molecular formula is C15H24N2O. The number of anilines is 1. The Hall–Kier alpha value is -1.06. The van der Waals surface area contributed by atoms with Gasteiger partial charge in [-0.1, -0.05) is 32.0 Å². The van der Waals surface area contributed by atoms with Crippen LogP contribution in [0.4, 0.5) is 5.69 Å². The van der Waals surface area contributed by atoms with Crippen molar-refractivity contribution in [1.29, 1.82) is 0 Å². The predicted molar refractivity (Wildman–Crippen MR) is 75.6 cm³/mol. The number of aliphatic hydroxyl groups is 1. The van der Waals surface area contributed by atoms with Gasteiger partial charge in [0.25, 0.3) is 0 Å². The summed E-state index contributed by atoms with van der Waals surface area (Å²) < 4.78 is 0. The van der Waals surface area contributed by atoms with Crippen molar-refractivity contribution in [2.75, 3.05) is 19.4 Å². The predicted octanol–water partition coefficient (Wildman–Crippen LogP) is 2.32. The average Bonchev–Trinajstić information content (AvgIpc) is 2.30. The number of aliphatic hydroxyl groups excluding tert-OH is 1. The highest BCUT2D eigenvalue weighted by Gasteiger charge is 2.47. The second kappa shape index (κ2) is 4.90. The van der Waals surface area contributed by atoms with Crippen molar-refractivity contribution >= 4 is 5.69 Å². The molecule has 2 atom stereocenters. The molecule has 2 unspecified atom stereocenters. The normalized spacial score (nSPS) is 25.9. The van der Waals surface area contributed by atoms with Crippen molar-refractivity contribution in [2.24, 2.45) is 5.41 Å². The molecule has 18 heavy (non-hydrogen) atoms. The summed E-state index contributed by atoms with van der Waals surface area (Å²) in [6.45, 7) is 5.17. The summed E-state index contributed by atoms with van der Waals surface area (Å²) >= 11 is 0. The molecule has 2 N–H and O–H groups in total. The van der Waals surface area contributed by atoms with E-state index in [9.17, 15) is 5.11 Å². The molecule has 1 aromatic rings. The van der Waals surface area contributed by atoms with Crippen molar-refractivity contribution in [3.63, 3.8) is 0 Å². The standard InChI is InChI=1S/C15H24N2O/c1-15(2)13(9-14(15)18)16-12-8-6-5-7-11(12)10-17(3)4/h5-8,13-14,16,18H,9-10H2,1-4H3. The van der Waals surface area contributed by atoms with Gasteiger partial charge in [-0.25, -0.2) is 0 Å². The molecule has 3 nitrogen and oxygen atoms in total. The smallest absolute Gasteiger partial charge is 0.0630 e. The molecule has 3 heteroatoms. The third kappa shape index (κ3) is 2.52. The van der Waals surface area contributed by atoms with Crippen LogP contribution >= 0.6 is 0 Å². The summed E-state index contributed by atoms with van der Waals surface area (Å²) in [5, 5.41) is 13.4. The molecular weight excluding hydrogens is 224 g/mol. The van der Waals surface area contributed by atoms with Crippen LogP contribution < -0.4 is 5.32 Å². The fourth-order valence-electron chi connectivity index (χ4n) is 2.47. The molecule has 2 rings (SSSR count). The summed E-state index contributed by atoms with van der Waals surface area (Å²) in [5.74, 6) is 0. The van der Waals surface area contributed by atoms with Crippen LogP contribution in [0.25, 0.3) is 0 Å². The first-order valence-corrected chi connectivity index (χ1v) is 6.58. The van der Waals surface area contributed by atoms with Crippen molar-refractivity contribution in [1.82, 2.24) is 4.90 Å². The van der Waals surface area contributed by atoms with Crippen molar-refractivity contribution in [2.45, 2.75) is 39.0 Å². The zero-order valence-electron chi connectivity index (χ0n) is 11.8. The van der Waals surface area contributed by atoms with E-state index in [4.69, 9.17) is 0 Å². The molecule has 0 aromatic heterocycles. The number of benzene rings is 1. The molecule has 0 aliphatic heterocycles. The van der Waals surface area contributed by atoms with Gasteiger partial charge in [0, 0.05) is 23.7 Å². The Morgan fingerprint density at radius 2 is 2.00 bits per heavy atom. The maximum atomic E-state index is 9.79. The molecule has 1 aromatic carbocycles. The van der Waals surface area contributed by atoms with Crippen molar-refractivity contribution < 1.29 is 5.11 Å². The number of hydrogen-bond acceptors (Lipinski definition) is 3. The van der Waals surface area contributed by atoms with Crippen molar-refractivity contribution in [3.05, 3.63) is 29.8 Å². The van der Waals surface area contributed by atoms with Gasteiger partial charge in [0.2, 0.25) is 0 Å². The summed E-state index contributed by atoms with van der Waals surface area (Å²) in [4.78, 5) is 2.17. The number of nitrogens with one attached hydrogen (secondary N) is 1. The fourth-order valence-corrected chi connectivity index (χ4v) is 2.47. The van der Waals surface area contributed by atoms with E-state index in [1.807, 2.05) is 0 Å². The van der Waals surface area contributed by atoms with Crippen LogP contribution in [0.15, 0.2) is 24.3 Å². The third-order valence-corrected chi connectivity index (χ3v) is 4.05. The molecule has 0 saturated heterocycles. The maximum Gasteiger partial charge on any atom is 0.0630 e. The second-order valence-corrected chi connectivity index (χ2v) is 6.16. The van der Waals surface area contributed by atoms with E-state index in [1.165, 1.54) is 11.3 Å². The Kier molecular flexibility index (Phi) is 3.64. The van der Waals surface area contributed by atoms with Crippen molar-refractivity contribution in [3.8, 4) is 0 Å². The second-order valence-electron chi connectivity index (χ2n) is 6.16. The lowest BCUT2D eigenvalue weighted by Gasteiger charge is -2.50. The number of rotatable bonds is 4. The highest BCUT2D eigenvalue weighted by molar-refractivity contribution is 5.52. The van der Waals surface area contributed by atoms with Gasteiger partial charge in [0.05, 0.1) is 6.10 Å². The topological polar surface area (TPSA) is 35.5 Å². The van der Waals surface area contributed by atoms with Gasteiger partial charge in [0.1, 0.15) is 0 Å². The minimum absolute atomic E-state index is 0.0365. The average molecular weight is 248 g/mol. The summed E-state index contributed by atoms with van der Waals surface area (Å²) in [7, 11) is 4.15. The van der Waals surface area contributed by atoms with Gasteiger partial charge in [-0.15, -0.1) is 0 Å². The summed E-state index contributed by atoms with van der Waals surface area (Å²) in [6, 6.07) is 8.77. The lowest BCUT2D eigenvalue weighted by atomic mass is 9.64. The molecule has 1 fully saturated rings. The zero-order valence-corrected chi connectivity index (χ0v) is 11.8. The molecule has 1 saturated carbocycles. The van der Waals surface area contributed by atoms with Crippen LogP contribution in [-0.2, 0) is 6.54 Å². The van der Waals surface area contributed by atoms with Gasteiger partial charge < -0.3 is 15.3 Å². The van der Waals surface area contributed by atoms with Crippen LogP contribution in [0.3, 0.4) is 0 Å². The largest absolute Gasteiger partial charge is 0.392 e. The molecule has 0 spiro atoms. The summed E-state index contributed by atoms with van der Waals surface area (Å²) in [6.07, 6.45) is 0.652. The Balaban J connectivity index is 2.10. The van der Waals surface area contributed by atoms with E-state index in [2.05, 4.69) is 62.4 Å². The first-order chi connectivity index (χ1) is 8.41. The fraction of sp³-hybridized carbons (Fsp3) is 0.600. The van der Waals surface area contributed by atoms with E-state index >= 15 is 0 Å². The highest BCUT2D eigenvalue weighted by atomic mass is 16.3. The van der Waals surface area contributed by atoms with E-state index in [1.54, 1.807) is 0 Å². The maximum absolute atomic E-state index is 9.79. The minimum atomic E-state index is -0.184. The Morgan fingerprint density at radius 3 is 2.56 bits per heavy atom. The van der Waals surface area contributed by atoms with Crippen LogP contribution in [-0.4, -0.2) is 36.2 Å². The lowest BCUT2D eigenvalue weighted by Crippen LogP contribution is -2.57. The molecule has 0 radical (unpaired) electrons. The van der Waals surface area contributed by atoms with Gasteiger partial charge >= 0.3 is 0 Å². The summed E-state index contributed by atoms with van der Waals surface area (Å²) in [5.41, 5.74) is 2.46. The third-order valence-electron chi connectivity index (χ3n) is 4.05. The van der Waals surface area contributed by atoms with Crippen LogP contribution in [0, 0.1) is 5.41 Å². The van der Waals surface area contributed by atoms with Gasteiger partial charge in [0.15, 0.2) is 0 Å².